The molecule has 0 spiro atoms. The van der Waals surface area contributed by atoms with Crippen LogP contribution in [0.25, 0.3) is 0 Å². The highest BCUT2D eigenvalue weighted by Crippen LogP contribution is 2.27. The Bertz CT molecular complexity index is 390. The lowest BCUT2D eigenvalue weighted by molar-refractivity contribution is 0.199. The zero-order chi connectivity index (χ0) is 13.7. The molecule has 2 nitrogen and oxygen atoms in total. The minimum atomic E-state index is -0.152. The van der Waals surface area contributed by atoms with E-state index in [-0.39, 0.29) is 11.9 Å². The third-order valence-corrected chi connectivity index (χ3v) is 4.19. The van der Waals surface area contributed by atoms with Crippen molar-refractivity contribution in [1.82, 2.24) is 10.2 Å². The summed E-state index contributed by atoms with van der Waals surface area (Å²) >= 11 is 0. The predicted octanol–water partition coefficient (Wildman–Crippen LogP) is 3.21. The molecule has 19 heavy (non-hydrogen) atoms. The first-order valence-corrected chi connectivity index (χ1v) is 7.30. The second-order valence-corrected chi connectivity index (χ2v) is 5.74. The van der Waals surface area contributed by atoms with Crippen molar-refractivity contribution in [2.45, 2.75) is 31.7 Å². The van der Waals surface area contributed by atoms with Gasteiger partial charge < -0.3 is 10.2 Å². The zero-order valence-electron chi connectivity index (χ0n) is 12.0. The summed E-state index contributed by atoms with van der Waals surface area (Å²) in [4.78, 5) is 2.41. The SMILES string of the molecule is CNC(CCN(C)CC1CCC1)c1cccc(F)c1. The minimum absolute atomic E-state index is 0.152. The summed E-state index contributed by atoms with van der Waals surface area (Å²) in [6.07, 6.45) is 5.21. The van der Waals surface area contributed by atoms with Gasteiger partial charge in [0.2, 0.25) is 0 Å². The molecule has 0 amide bonds. The summed E-state index contributed by atoms with van der Waals surface area (Å²) in [5, 5.41) is 3.29. The lowest BCUT2D eigenvalue weighted by Crippen LogP contribution is -2.32. The monoisotopic (exact) mass is 264 g/mol. The van der Waals surface area contributed by atoms with Crippen LogP contribution in [0.15, 0.2) is 24.3 Å². The van der Waals surface area contributed by atoms with E-state index in [0.717, 1.165) is 24.4 Å². The Kier molecular flexibility index (Phi) is 5.34. The van der Waals surface area contributed by atoms with Crippen molar-refractivity contribution in [3.05, 3.63) is 35.6 Å². The number of nitrogens with zero attached hydrogens (tertiary/aromatic N) is 1. The number of halogens is 1. The maximum Gasteiger partial charge on any atom is 0.123 e. The first-order valence-electron chi connectivity index (χ1n) is 7.30. The van der Waals surface area contributed by atoms with Crippen LogP contribution in [0.4, 0.5) is 4.39 Å². The van der Waals surface area contributed by atoms with Crippen LogP contribution in [-0.4, -0.2) is 32.1 Å². The van der Waals surface area contributed by atoms with Crippen LogP contribution in [0.1, 0.15) is 37.3 Å². The second kappa shape index (κ2) is 7.01. The van der Waals surface area contributed by atoms with Crippen LogP contribution in [0, 0.1) is 11.7 Å². The van der Waals surface area contributed by atoms with Crippen molar-refractivity contribution < 1.29 is 4.39 Å². The molecular formula is C16H25FN2. The molecule has 106 valence electrons. The molecule has 2 rings (SSSR count). The molecule has 0 radical (unpaired) electrons. The largest absolute Gasteiger partial charge is 0.313 e. The fraction of sp³-hybridized carbons (Fsp3) is 0.625. The Labute approximate surface area is 116 Å². The molecule has 0 aliphatic heterocycles. The van der Waals surface area contributed by atoms with Gasteiger partial charge in [-0.2, -0.15) is 0 Å². The van der Waals surface area contributed by atoms with Crippen molar-refractivity contribution in [1.29, 1.82) is 0 Å². The van der Waals surface area contributed by atoms with Gasteiger partial charge in [0.15, 0.2) is 0 Å². The van der Waals surface area contributed by atoms with Crippen molar-refractivity contribution in [2.75, 3.05) is 27.2 Å². The van der Waals surface area contributed by atoms with Crippen LogP contribution in [-0.2, 0) is 0 Å². The topological polar surface area (TPSA) is 15.3 Å². The van der Waals surface area contributed by atoms with Gasteiger partial charge in [-0.05, 0) is 63.5 Å². The Morgan fingerprint density at radius 1 is 1.42 bits per heavy atom. The highest BCUT2D eigenvalue weighted by Gasteiger charge is 2.19. The standard InChI is InChI=1S/C16H25FN2/c1-18-16(14-7-4-8-15(17)11-14)9-10-19(2)12-13-5-3-6-13/h4,7-8,11,13,16,18H,3,5-6,9-10,12H2,1-2H3. The smallest absolute Gasteiger partial charge is 0.123 e. The third-order valence-electron chi connectivity index (χ3n) is 4.19. The maximum absolute atomic E-state index is 13.2. The summed E-state index contributed by atoms with van der Waals surface area (Å²) in [5.74, 6) is 0.757. The summed E-state index contributed by atoms with van der Waals surface area (Å²) in [6.45, 7) is 2.26. The second-order valence-electron chi connectivity index (χ2n) is 5.74. The van der Waals surface area contributed by atoms with Crippen molar-refractivity contribution in [3.8, 4) is 0 Å². The molecular weight excluding hydrogens is 239 g/mol. The van der Waals surface area contributed by atoms with Crippen molar-refractivity contribution >= 4 is 0 Å². The normalized spacial score (nSPS) is 17.5. The molecule has 1 unspecified atom stereocenters. The molecule has 1 N–H and O–H groups in total. The minimum Gasteiger partial charge on any atom is -0.313 e. The molecule has 1 aliphatic rings. The van der Waals surface area contributed by atoms with Crippen LogP contribution >= 0.6 is 0 Å². The van der Waals surface area contributed by atoms with Crippen LogP contribution in [0.2, 0.25) is 0 Å². The van der Waals surface area contributed by atoms with Gasteiger partial charge >= 0.3 is 0 Å². The first kappa shape index (κ1) is 14.5. The van der Waals surface area contributed by atoms with Crippen molar-refractivity contribution in [3.63, 3.8) is 0 Å². The molecule has 1 aromatic carbocycles. The van der Waals surface area contributed by atoms with E-state index in [9.17, 15) is 4.39 Å². The van der Waals surface area contributed by atoms with Gasteiger partial charge in [0, 0.05) is 12.6 Å². The summed E-state index contributed by atoms with van der Waals surface area (Å²) in [5.41, 5.74) is 1.04. The number of hydrogen-bond acceptors (Lipinski definition) is 2. The highest BCUT2D eigenvalue weighted by molar-refractivity contribution is 5.20. The maximum atomic E-state index is 13.2. The Morgan fingerprint density at radius 3 is 2.79 bits per heavy atom. The highest BCUT2D eigenvalue weighted by atomic mass is 19.1. The fourth-order valence-electron chi connectivity index (χ4n) is 2.76. The van der Waals surface area contributed by atoms with E-state index in [0.29, 0.717) is 0 Å². The molecule has 0 saturated heterocycles. The number of rotatable bonds is 7. The third kappa shape index (κ3) is 4.29. The predicted molar refractivity (Wildman–Crippen MR) is 77.7 cm³/mol. The van der Waals surface area contributed by atoms with E-state index in [2.05, 4.69) is 17.3 Å². The molecule has 1 aliphatic carbocycles. The molecule has 0 aromatic heterocycles. The van der Waals surface area contributed by atoms with Gasteiger partial charge in [-0.1, -0.05) is 18.6 Å². The van der Waals surface area contributed by atoms with Crippen LogP contribution in [0.3, 0.4) is 0 Å². The average molecular weight is 264 g/mol. The van der Waals surface area contributed by atoms with E-state index in [4.69, 9.17) is 0 Å². The Morgan fingerprint density at radius 2 is 2.21 bits per heavy atom. The molecule has 1 saturated carbocycles. The zero-order valence-corrected chi connectivity index (χ0v) is 12.0. The summed E-state index contributed by atoms with van der Waals surface area (Å²) in [7, 11) is 4.14. The van der Waals surface area contributed by atoms with Gasteiger partial charge in [-0.3, -0.25) is 0 Å². The van der Waals surface area contributed by atoms with Gasteiger partial charge in [0.1, 0.15) is 5.82 Å². The van der Waals surface area contributed by atoms with E-state index in [1.807, 2.05) is 13.1 Å². The number of hydrogen-bond donors (Lipinski definition) is 1. The number of nitrogens with one attached hydrogen (secondary N) is 1. The Balaban J connectivity index is 1.81. The molecule has 0 heterocycles. The molecule has 1 aromatic rings. The van der Waals surface area contributed by atoms with Gasteiger partial charge in [-0.15, -0.1) is 0 Å². The van der Waals surface area contributed by atoms with Gasteiger partial charge in [0.05, 0.1) is 0 Å². The number of benzene rings is 1. The van der Waals surface area contributed by atoms with E-state index < -0.39 is 0 Å². The molecule has 0 bridgehead atoms. The van der Waals surface area contributed by atoms with E-state index >= 15 is 0 Å². The summed E-state index contributed by atoms with van der Waals surface area (Å²) in [6, 6.07) is 7.15. The van der Waals surface area contributed by atoms with E-state index in [1.54, 1.807) is 12.1 Å². The average Bonchev–Trinajstić information content (AvgIpc) is 2.35. The van der Waals surface area contributed by atoms with Crippen LogP contribution < -0.4 is 5.32 Å². The molecule has 1 atom stereocenters. The van der Waals surface area contributed by atoms with E-state index in [1.165, 1.54) is 31.9 Å². The van der Waals surface area contributed by atoms with Gasteiger partial charge in [0.25, 0.3) is 0 Å². The quantitative estimate of drug-likeness (QED) is 0.813. The van der Waals surface area contributed by atoms with Crippen molar-refractivity contribution in [2.24, 2.45) is 5.92 Å². The summed E-state index contributed by atoms with van der Waals surface area (Å²) < 4.78 is 13.2. The fourth-order valence-corrected chi connectivity index (χ4v) is 2.76. The Hall–Kier alpha value is -0.930. The molecule has 3 heteroatoms. The first-order chi connectivity index (χ1) is 9.19. The van der Waals surface area contributed by atoms with Crippen LogP contribution in [0.5, 0.6) is 0 Å². The lowest BCUT2D eigenvalue weighted by Gasteiger charge is -2.31. The molecule has 1 fully saturated rings. The lowest BCUT2D eigenvalue weighted by atomic mass is 9.85. The van der Waals surface area contributed by atoms with Gasteiger partial charge in [-0.25, -0.2) is 4.39 Å².